The largest absolute Gasteiger partial charge is 0.316 e. The SMILES string of the molecule is C=CCCCNCC1CC2CCC1C2. The van der Waals surface area contributed by atoms with Gasteiger partial charge >= 0.3 is 0 Å². The van der Waals surface area contributed by atoms with Crippen LogP contribution in [0.25, 0.3) is 0 Å². The van der Waals surface area contributed by atoms with E-state index in [4.69, 9.17) is 0 Å². The van der Waals surface area contributed by atoms with Gasteiger partial charge < -0.3 is 5.32 Å². The smallest absolute Gasteiger partial charge is 0.00178 e. The highest BCUT2D eigenvalue weighted by Crippen LogP contribution is 2.47. The first-order valence-corrected chi connectivity index (χ1v) is 6.21. The van der Waals surface area contributed by atoms with E-state index in [1.807, 2.05) is 6.08 Å². The Morgan fingerprint density at radius 2 is 2.21 bits per heavy atom. The highest BCUT2D eigenvalue weighted by Gasteiger charge is 2.38. The summed E-state index contributed by atoms with van der Waals surface area (Å²) in [6.45, 7) is 6.20. The molecule has 0 aliphatic heterocycles. The molecule has 1 heteroatoms. The van der Waals surface area contributed by atoms with Gasteiger partial charge in [0.2, 0.25) is 0 Å². The van der Waals surface area contributed by atoms with Crippen molar-refractivity contribution < 1.29 is 0 Å². The predicted octanol–water partition coefficient (Wildman–Crippen LogP) is 2.98. The van der Waals surface area contributed by atoms with E-state index in [-0.39, 0.29) is 0 Å². The Morgan fingerprint density at radius 1 is 1.29 bits per heavy atom. The van der Waals surface area contributed by atoms with Crippen molar-refractivity contribution in [3.8, 4) is 0 Å². The maximum absolute atomic E-state index is 3.74. The summed E-state index contributed by atoms with van der Waals surface area (Å²) < 4.78 is 0. The standard InChI is InChI=1S/C13H23N/c1-2-3-4-7-14-10-13-9-11-5-6-12(13)8-11/h2,11-14H,1,3-10H2. The first-order valence-electron chi connectivity index (χ1n) is 6.21. The second-order valence-electron chi connectivity index (χ2n) is 5.07. The molecule has 80 valence electrons. The van der Waals surface area contributed by atoms with Crippen LogP contribution in [0.5, 0.6) is 0 Å². The molecular weight excluding hydrogens is 170 g/mol. The van der Waals surface area contributed by atoms with E-state index < -0.39 is 0 Å². The van der Waals surface area contributed by atoms with Crippen LogP contribution in [-0.2, 0) is 0 Å². The first kappa shape index (κ1) is 10.2. The van der Waals surface area contributed by atoms with E-state index in [1.165, 1.54) is 38.8 Å². The summed E-state index contributed by atoms with van der Waals surface area (Å²) in [5, 5.41) is 3.60. The third kappa shape index (κ3) is 2.38. The molecule has 3 unspecified atom stereocenters. The lowest BCUT2D eigenvalue weighted by Crippen LogP contribution is -2.27. The van der Waals surface area contributed by atoms with Crippen LogP contribution in [0, 0.1) is 17.8 Å². The van der Waals surface area contributed by atoms with Gasteiger partial charge in [-0.25, -0.2) is 0 Å². The Balaban J connectivity index is 1.56. The predicted molar refractivity (Wildman–Crippen MR) is 61.2 cm³/mol. The first-order chi connectivity index (χ1) is 6.90. The topological polar surface area (TPSA) is 12.0 Å². The molecule has 1 nitrogen and oxygen atoms in total. The van der Waals surface area contributed by atoms with E-state index >= 15 is 0 Å². The molecule has 0 radical (unpaired) electrons. The molecule has 0 aromatic rings. The Kier molecular flexibility index (Phi) is 3.63. The molecular formula is C13H23N. The highest BCUT2D eigenvalue weighted by molar-refractivity contribution is 4.90. The van der Waals surface area contributed by atoms with E-state index in [1.54, 1.807) is 6.42 Å². The fourth-order valence-corrected chi connectivity index (χ4v) is 3.29. The summed E-state index contributed by atoms with van der Waals surface area (Å²) in [4.78, 5) is 0. The summed E-state index contributed by atoms with van der Waals surface area (Å²) in [6.07, 6.45) is 10.5. The summed E-state index contributed by atoms with van der Waals surface area (Å²) in [6, 6.07) is 0. The molecule has 1 N–H and O–H groups in total. The van der Waals surface area contributed by atoms with Gasteiger partial charge in [-0.3, -0.25) is 0 Å². The van der Waals surface area contributed by atoms with Crippen molar-refractivity contribution in [2.75, 3.05) is 13.1 Å². The molecule has 0 heterocycles. The third-order valence-corrected chi connectivity index (χ3v) is 4.05. The van der Waals surface area contributed by atoms with Gasteiger partial charge in [0.1, 0.15) is 0 Å². The number of hydrogen-bond acceptors (Lipinski definition) is 1. The number of unbranched alkanes of at least 4 members (excludes halogenated alkanes) is 1. The summed E-state index contributed by atoms with van der Waals surface area (Å²) in [5.41, 5.74) is 0. The Labute approximate surface area is 88.0 Å². The van der Waals surface area contributed by atoms with Crippen LogP contribution in [0.3, 0.4) is 0 Å². The van der Waals surface area contributed by atoms with Crippen molar-refractivity contribution in [3.63, 3.8) is 0 Å². The van der Waals surface area contributed by atoms with E-state index in [2.05, 4.69) is 11.9 Å². The number of fused-ring (bicyclic) bond motifs is 2. The van der Waals surface area contributed by atoms with Gasteiger partial charge in [-0.1, -0.05) is 12.5 Å². The van der Waals surface area contributed by atoms with E-state index in [0.29, 0.717) is 0 Å². The summed E-state index contributed by atoms with van der Waals surface area (Å²) in [7, 11) is 0. The molecule has 2 saturated carbocycles. The number of allylic oxidation sites excluding steroid dienone is 1. The second-order valence-corrected chi connectivity index (χ2v) is 5.07. The number of hydrogen-bond donors (Lipinski definition) is 1. The molecule has 0 aromatic heterocycles. The van der Waals surface area contributed by atoms with Gasteiger partial charge in [-0.2, -0.15) is 0 Å². The third-order valence-electron chi connectivity index (χ3n) is 4.05. The van der Waals surface area contributed by atoms with E-state index in [9.17, 15) is 0 Å². The molecule has 2 aliphatic rings. The Hall–Kier alpha value is -0.300. The normalized spacial score (nSPS) is 35.0. The molecule has 3 atom stereocenters. The highest BCUT2D eigenvalue weighted by atomic mass is 14.9. The van der Waals surface area contributed by atoms with Gasteiger partial charge in [0.15, 0.2) is 0 Å². The maximum Gasteiger partial charge on any atom is -0.00178 e. The minimum Gasteiger partial charge on any atom is -0.316 e. The van der Waals surface area contributed by atoms with Crippen LogP contribution in [-0.4, -0.2) is 13.1 Å². The zero-order valence-corrected chi connectivity index (χ0v) is 9.17. The Bertz CT molecular complexity index is 188. The van der Waals surface area contributed by atoms with Gasteiger partial charge in [0, 0.05) is 0 Å². The van der Waals surface area contributed by atoms with Crippen LogP contribution < -0.4 is 5.32 Å². The second kappa shape index (κ2) is 4.97. The molecule has 0 spiro atoms. The summed E-state index contributed by atoms with van der Waals surface area (Å²) >= 11 is 0. The van der Waals surface area contributed by atoms with Crippen LogP contribution >= 0.6 is 0 Å². The van der Waals surface area contributed by atoms with Crippen molar-refractivity contribution in [1.82, 2.24) is 5.32 Å². The quantitative estimate of drug-likeness (QED) is 0.505. The molecule has 2 bridgehead atoms. The molecule has 2 fully saturated rings. The average Bonchev–Trinajstić information content (AvgIpc) is 2.79. The van der Waals surface area contributed by atoms with Crippen LogP contribution in [0.4, 0.5) is 0 Å². The lowest BCUT2D eigenvalue weighted by molar-refractivity contribution is 0.319. The molecule has 0 aromatic carbocycles. The van der Waals surface area contributed by atoms with Gasteiger partial charge in [0.05, 0.1) is 0 Å². The van der Waals surface area contributed by atoms with Crippen molar-refractivity contribution in [2.45, 2.75) is 38.5 Å². The lowest BCUT2D eigenvalue weighted by Gasteiger charge is -2.21. The van der Waals surface area contributed by atoms with Gasteiger partial charge in [0.25, 0.3) is 0 Å². The lowest BCUT2D eigenvalue weighted by atomic mass is 9.89. The van der Waals surface area contributed by atoms with Gasteiger partial charge in [-0.15, -0.1) is 6.58 Å². The molecule has 14 heavy (non-hydrogen) atoms. The number of nitrogens with one attached hydrogen (secondary N) is 1. The zero-order valence-electron chi connectivity index (χ0n) is 9.17. The van der Waals surface area contributed by atoms with Crippen molar-refractivity contribution in [2.24, 2.45) is 17.8 Å². The monoisotopic (exact) mass is 193 g/mol. The maximum atomic E-state index is 3.74. The average molecular weight is 193 g/mol. The summed E-state index contributed by atoms with van der Waals surface area (Å²) in [5.74, 6) is 3.18. The number of rotatable bonds is 6. The Morgan fingerprint density at radius 3 is 2.86 bits per heavy atom. The minimum absolute atomic E-state index is 1.01. The fraction of sp³-hybridized carbons (Fsp3) is 0.846. The minimum atomic E-state index is 1.01. The van der Waals surface area contributed by atoms with Crippen LogP contribution in [0.1, 0.15) is 38.5 Å². The fourth-order valence-electron chi connectivity index (χ4n) is 3.29. The van der Waals surface area contributed by atoms with Crippen molar-refractivity contribution in [3.05, 3.63) is 12.7 Å². The van der Waals surface area contributed by atoms with Crippen LogP contribution in [0.2, 0.25) is 0 Å². The van der Waals surface area contributed by atoms with Crippen molar-refractivity contribution in [1.29, 1.82) is 0 Å². The van der Waals surface area contributed by atoms with Crippen molar-refractivity contribution >= 4 is 0 Å². The molecule has 0 amide bonds. The van der Waals surface area contributed by atoms with Crippen LogP contribution in [0.15, 0.2) is 12.7 Å². The van der Waals surface area contributed by atoms with E-state index in [0.717, 1.165) is 24.2 Å². The molecule has 2 rings (SSSR count). The molecule has 0 saturated heterocycles. The van der Waals surface area contributed by atoms with Gasteiger partial charge in [-0.05, 0) is 62.9 Å². The molecule has 2 aliphatic carbocycles. The zero-order chi connectivity index (χ0) is 9.80.